The number of hydrogen-bond acceptors (Lipinski definition) is 5. The number of nitrogens with zero attached hydrogens (tertiary/aromatic N) is 4. The van der Waals surface area contributed by atoms with Crippen molar-refractivity contribution < 1.29 is 4.79 Å². The van der Waals surface area contributed by atoms with Gasteiger partial charge in [-0.1, -0.05) is 36.4 Å². The molecule has 4 aromatic rings. The number of nitrogens with one attached hydrogen (secondary N) is 1. The maximum atomic E-state index is 13.3. The van der Waals surface area contributed by atoms with Crippen molar-refractivity contribution in [3.05, 3.63) is 104 Å². The second-order valence-electron chi connectivity index (χ2n) is 8.01. The fourth-order valence-electron chi connectivity index (χ4n) is 3.97. The lowest BCUT2D eigenvalue weighted by atomic mass is 10.0. The molecule has 0 saturated carbocycles. The largest absolute Gasteiger partial charge is 0.344 e. The van der Waals surface area contributed by atoms with Gasteiger partial charge in [-0.3, -0.25) is 23.7 Å². The molecule has 3 aromatic heterocycles. The van der Waals surface area contributed by atoms with E-state index in [-0.39, 0.29) is 23.0 Å². The van der Waals surface area contributed by atoms with Crippen LogP contribution in [0.5, 0.6) is 0 Å². The minimum atomic E-state index is -0.474. The third kappa shape index (κ3) is 4.32. The topological polar surface area (TPSA) is 98.9 Å². The van der Waals surface area contributed by atoms with Crippen LogP contribution in [0, 0.1) is 6.92 Å². The van der Waals surface area contributed by atoms with Crippen LogP contribution in [0.2, 0.25) is 0 Å². The Hall–Kier alpha value is -4.07. The summed E-state index contributed by atoms with van der Waals surface area (Å²) >= 11 is 0. The standard InChI is InChI=1S/C25H25N5O3/c1-16-18(15-27-22-21(16)24(32)30(3)25(33)29(22)2)23(31)28-20(19-11-7-8-14-26-19)13-12-17-9-5-4-6-10-17/h4-11,14-15,20H,12-13H2,1-3H3,(H,28,31). The predicted molar refractivity (Wildman–Crippen MR) is 126 cm³/mol. The molecule has 1 aromatic carbocycles. The van der Waals surface area contributed by atoms with Crippen LogP contribution in [-0.4, -0.2) is 25.0 Å². The van der Waals surface area contributed by atoms with E-state index in [9.17, 15) is 14.4 Å². The average molecular weight is 444 g/mol. The van der Waals surface area contributed by atoms with Gasteiger partial charge in [0.1, 0.15) is 5.65 Å². The second-order valence-corrected chi connectivity index (χ2v) is 8.01. The fraction of sp³-hybridized carbons (Fsp3) is 0.240. The van der Waals surface area contributed by atoms with Crippen LogP contribution in [0.3, 0.4) is 0 Å². The summed E-state index contributed by atoms with van der Waals surface area (Å²) in [4.78, 5) is 47.0. The van der Waals surface area contributed by atoms with Crippen molar-refractivity contribution in [1.29, 1.82) is 0 Å². The van der Waals surface area contributed by atoms with Crippen molar-refractivity contribution in [3.63, 3.8) is 0 Å². The molecule has 0 bridgehead atoms. The van der Waals surface area contributed by atoms with Crippen LogP contribution >= 0.6 is 0 Å². The number of aryl methyl sites for hydroxylation is 3. The molecular formula is C25H25N5O3. The Morgan fingerprint density at radius 2 is 1.73 bits per heavy atom. The Morgan fingerprint density at radius 1 is 1.00 bits per heavy atom. The number of carbonyl (C=O) groups excluding carboxylic acids is 1. The Labute approximate surface area is 190 Å². The molecule has 3 heterocycles. The van der Waals surface area contributed by atoms with E-state index < -0.39 is 11.2 Å². The molecule has 0 fully saturated rings. The van der Waals surface area contributed by atoms with E-state index in [1.54, 1.807) is 20.2 Å². The van der Waals surface area contributed by atoms with Gasteiger partial charge in [-0.05, 0) is 43.0 Å². The molecule has 1 atom stereocenters. The van der Waals surface area contributed by atoms with Crippen molar-refractivity contribution in [2.24, 2.45) is 14.1 Å². The van der Waals surface area contributed by atoms with E-state index in [0.29, 0.717) is 17.5 Å². The van der Waals surface area contributed by atoms with Crippen molar-refractivity contribution in [2.45, 2.75) is 25.8 Å². The number of aromatic nitrogens is 4. The zero-order valence-corrected chi connectivity index (χ0v) is 18.8. The van der Waals surface area contributed by atoms with Gasteiger partial charge in [0.25, 0.3) is 11.5 Å². The minimum absolute atomic E-state index is 0.252. The monoisotopic (exact) mass is 443 g/mol. The molecule has 0 saturated heterocycles. The van der Waals surface area contributed by atoms with Crippen LogP contribution in [-0.2, 0) is 20.5 Å². The number of amides is 1. The van der Waals surface area contributed by atoms with E-state index in [0.717, 1.165) is 16.7 Å². The highest BCUT2D eigenvalue weighted by Gasteiger charge is 2.21. The maximum absolute atomic E-state index is 13.3. The van der Waals surface area contributed by atoms with Crippen molar-refractivity contribution >= 4 is 16.9 Å². The summed E-state index contributed by atoms with van der Waals surface area (Å²) < 4.78 is 2.33. The fourth-order valence-corrected chi connectivity index (χ4v) is 3.97. The summed E-state index contributed by atoms with van der Waals surface area (Å²) in [5.41, 5.74) is 2.01. The second kappa shape index (κ2) is 9.20. The number of carbonyl (C=O) groups is 1. The zero-order valence-electron chi connectivity index (χ0n) is 18.8. The summed E-state index contributed by atoms with van der Waals surface area (Å²) in [6.07, 6.45) is 4.53. The first-order valence-corrected chi connectivity index (χ1v) is 10.7. The number of pyridine rings is 2. The average Bonchev–Trinajstić information content (AvgIpc) is 2.84. The van der Waals surface area contributed by atoms with E-state index in [1.165, 1.54) is 23.4 Å². The molecule has 1 unspecified atom stereocenters. The van der Waals surface area contributed by atoms with Gasteiger partial charge in [-0.25, -0.2) is 9.78 Å². The molecule has 1 amide bonds. The van der Waals surface area contributed by atoms with Crippen LogP contribution in [0.15, 0.2) is 70.5 Å². The highest BCUT2D eigenvalue weighted by Crippen LogP contribution is 2.20. The Balaban J connectivity index is 1.68. The summed E-state index contributed by atoms with van der Waals surface area (Å²) in [6.45, 7) is 1.70. The summed E-state index contributed by atoms with van der Waals surface area (Å²) in [6, 6.07) is 15.3. The number of rotatable bonds is 6. The molecule has 0 spiro atoms. The van der Waals surface area contributed by atoms with Crippen LogP contribution in [0.4, 0.5) is 0 Å². The van der Waals surface area contributed by atoms with E-state index >= 15 is 0 Å². The van der Waals surface area contributed by atoms with Gasteiger partial charge < -0.3 is 5.32 Å². The molecule has 0 aliphatic heterocycles. The first-order chi connectivity index (χ1) is 15.9. The maximum Gasteiger partial charge on any atom is 0.332 e. The number of hydrogen-bond donors (Lipinski definition) is 1. The van der Waals surface area contributed by atoms with E-state index in [4.69, 9.17) is 0 Å². The first kappa shape index (κ1) is 22.1. The molecular weight excluding hydrogens is 418 g/mol. The smallest absolute Gasteiger partial charge is 0.332 e. The lowest BCUT2D eigenvalue weighted by Crippen LogP contribution is -2.38. The van der Waals surface area contributed by atoms with Crippen LogP contribution in [0.1, 0.15) is 39.6 Å². The minimum Gasteiger partial charge on any atom is -0.344 e. The molecule has 168 valence electrons. The van der Waals surface area contributed by atoms with Gasteiger partial charge in [0.15, 0.2) is 0 Å². The molecule has 33 heavy (non-hydrogen) atoms. The van der Waals surface area contributed by atoms with Crippen molar-refractivity contribution in [1.82, 2.24) is 24.4 Å². The van der Waals surface area contributed by atoms with E-state index in [2.05, 4.69) is 27.4 Å². The molecule has 1 N–H and O–H groups in total. The van der Waals surface area contributed by atoms with Gasteiger partial charge in [-0.15, -0.1) is 0 Å². The highest BCUT2D eigenvalue weighted by molar-refractivity contribution is 5.99. The van der Waals surface area contributed by atoms with Gasteiger partial charge in [0.05, 0.1) is 22.7 Å². The third-order valence-corrected chi connectivity index (χ3v) is 5.89. The predicted octanol–water partition coefficient (Wildman–Crippen LogP) is 2.44. The van der Waals surface area contributed by atoms with Crippen LogP contribution < -0.4 is 16.6 Å². The molecule has 8 nitrogen and oxygen atoms in total. The van der Waals surface area contributed by atoms with Gasteiger partial charge in [0, 0.05) is 26.5 Å². The highest BCUT2D eigenvalue weighted by atomic mass is 16.2. The molecule has 0 aliphatic rings. The van der Waals surface area contributed by atoms with Gasteiger partial charge in [0.2, 0.25) is 0 Å². The normalized spacial score (nSPS) is 12.0. The summed E-state index contributed by atoms with van der Waals surface area (Å²) in [5.74, 6) is -0.346. The zero-order chi connectivity index (χ0) is 23.5. The Kier molecular flexibility index (Phi) is 6.17. The Morgan fingerprint density at radius 3 is 2.42 bits per heavy atom. The number of fused-ring (bicyclic) bond motifs is 1. The molecule has 0 aliphatic carbocycles. The van der Waals surface area contributed by atoms with Crippen LogP contribution in [0.25, 0.3) is 11.0 Å². The lowest BCUT2D eigenvalue weighted by molar-refractivity contribution is 0.0933. The molecule has 8 heteroatoms. The van der Waals surface area contributed by atoms with Gasteiger partial charge in [-0.2, -0.15) is 0 Å². The summed E-state index contributed by atoms with van der Waals surface area (Å²) in [5, 5.41) is 3.32. The Bertz CT molecular complexity index is 1430. The van der Waals surface area contributed by atoms with Crippen molar-refractivity contribution in [3.8, 4) is 0 Å². The van der Waals surface area contributed by atoms with Crippen molar-refractivity contribution in [2.75, 3.05) is 0 Å². The molecule has 0 radical (unpaired) electrons. The summed E-state index contributed by atoms with van der Waals surface area (Å²) in [7, 11) is 2.97. The van der Waals surface area contributed by atoms with Gasteiger partial charge >= 0.3 is 5.69 Å². The SMILES string of the molecule is Cc1c(C(=O)NC(CCc2ccccc2)c2ccccn2)cnc2c1c(=O)n(C)c(=O)n2C. The quantitative estimate of drug-likeness (QED) is 0.494. The van der Waals surface area contributed by atoms with E-state index in [1.807, 2.05) is 36.4 Å². The number of benzene rings is 1. The first-order valence-electron chi connectivity index (χ1n) is 10.7. The third-order valence-electron chi connectivity index (χ3n) is 5.89. The lowest BCUT2D eigenvalue weighted by Gasteiger charge is -2.19. The molecule has 4 rings (SSSR count).